The Morgan fingerprint density at radius 2 is 1.16 bits per heavy atom. The van der Waals surface area contributed by atoms with Crippen LogP contribution in [0.3, 0.4) is 0 Å². The Morgan fingerprint density at radius 1 is 0.474 bits per heavy atom. The predicted octanol–water partition coefficient (Wildman–Crippen LogP) is 13.3. The molecule has 57 heavy (non-hydrogen) atoms. The van der Waals surface area contributed by atoms with Gasteiger partial charge in [-0.05, 0) is 89.2 Å². The molecule has 3 aromatic heterocycles. The molecule has 6 heteroatoms. The van der Waals surface area contributed by atoms with E-state index in [-0.39, 0.29) is 18.5 Å². The minimum absolute atomic E-state index is 0.00371. The summed E-state index contributed by atoms with van der Waals surface area (Å²) in [6.45, 7) is 0. The van der Waals surface area contributed by atoms with Crippen molar-refractivity contribution in [2.45, 2.75) is 31.3 Å². The minimum Gasteiger partial charge on any atom is -0.309 e. The maximum atomic E-state index is 3.95. The minimum atomic E-state index is -0.0446. The number of benzene rings is 7. The van der Waals surface area contributed by atoms with Gasteiger partial charge in [0, 0.05) is 51.1 Å². The number of hydrogen-bond donors (Lipinski definition) is 3. The van der Waals surface area contributed by atoms with Gasteiger partial charge in [-0.1, -0.05) is 121 Å². The number of allylic oxidation sites excluding steroid dienone is 2. The van der Waals surface area contributed by atoms with Crippen LogP contribution in [0.2, 0.25) is 0 Å². The lowest BCUT2D eigenvalue weighted by Crippen LogP contribution is -2.59. The van der Waals surface area contributed by atoms with E-state index in [0.717, 1.165) is 12.8 Å². The Morgan fingerprint density at radius 3 is 1.96 bits per heavy atom. The van der Waals surface area contributed by atoms with Crippen LogP contribution in [-0.4, -0.2) is 10.7 Å². The largest absolute Gasteiger partial charge is 0.309 e. The highest BCUT2D eigenvalue weighted by molar-refractivity contribution is 7.26. The van der Waals surface area contributed by atoms with Crippen molar-refractivity contribution in [3.63, 3.8) is 0 Å². The van der Waals surface area contributed by atoms with Crippen molar-refractivity contribution in [3.8, 4) is 16.8 Å². The number of nitrogens with zero attached hydrogens (tertiary/aromatic N) is 1. The van der Waals surface area contributed by atoms with Crippen molar-refractivity contribution >= 4 is 84.8 Å². The predicted molar refractivity (Wildman–Crippen MR) is 244 cm³/mol. The molecular formula is C51H38N4S2. The second-order valence-corrected chi connectivity index (χ2v) is 17.4. The molecule has 2 aliphatic rings. The Kier molecular flexibility index (Phi) is 7.81. The first kappa shape index (κ1) is 33.3. The maximum Gasteiger partial charge on any atom is 0.0871 e. The van der Waals surface area contributed by atoms with Crippen LogP contribution < -0.4 is 16.0 Å². The third-order valence-electron chi connectivity index (χ3n) is 12.0. The highest BCUT2D eigenvalue weighted by Gasteiger charge is 2.31. The van der Waals surface area contributed by atoms with Gasteiger partial charge >= 0.3 is 0 Å². The van der Waals surface area contributed by atoms with Crippen molar-refractivity contribution in [1.82, 2.24) is 20.5 Å². The Bertz CT molecular complexity index is 3200. The zero-order valence-electron chi connectivity index (χ0n) is 31.1. The summed E-state index contributed by atoms with van der Waals surface area (Å²) in [7, 11) is 0. The summed E-state index contributed by atoms with van der Waals surface area (Å²) < 4.78 is 7.69. The highest BCUT2D eigenvalue weighted by atomic mass is 32.1. The van der Waals surface area contributed by atoms with Gasteiger partial charge in [-0.15, -0.1) is 22.7 Å². The molecule has 1 saturated heterocycles. The zero-order chi connectivity index (χ0) is 37.5. The molecule has 4 heterocycles. The first-order valence-electron chi connectivity index (χ1n) is 19.8. The third-order valence-corrected chi connectivity index (χ3v) is 14.2. The highest BCUT2D eigenvalue weighted by Crippen LogP contribution is 2.44. The van der Waals surface area contributed by atoms with Gasteiger partial charge < -0.3 is 4.57 Å². The van der Waals surface area contributed by atoms with Crippen LogP contribution in [0.5, 0.6) is 0 Å². The van der Waals surface area contributed by atoms with Gasteiger partial charge in [-0.3, -0.25) is 16.0 Å². The molecule has 4 nitrogen and oxygen atoms in total. The molecule has 0 saturated carbocycles. The molecule has 3 unspecified atom stereocenters. The fourth-order valence-corrected chi connectivity index (χ4v) is 11.6. The van der Waals surface area contributed by atoms with Crippen LogP contribution >= 0.6 is 22.7 Å². The standard InChI is InChI=1S/C51H38N4S2/c1-3-13-31(14-4-1)49-52-50(32-15-5-2-6-16-32)54-51(53-49)38-19-11-23-44-47(38)37-27-25-34(30-46(37)57-44)33-26-28-43-39(29-33)48-42(22-12-24-45(48)56-43)55-40-20-9-7-17-35(40)36-18-8-10-21-41(36)55/h1,3-5,7-30,49-54H,2,6H2. The fraction of sp³-hybridized carbons (Fsp3) is 0.0980. The monoisotopic (exact) mass is 770 g/mol. The number of nitrogens with one attached hydrogen (secondary N) is 3. The summed E-state index contributed by atoms with van der Waals surface area (Å²) in [5.41, 5.74) is 10.0. The Hall–Kier alpha value is -5.86. The molecule has 1 aliphatic heterocycles. The van der Waals surface area contributed by atoms with E-state index < -0.39 is 0 Å². The van der Waals surface area contributed by atoms with E-state index in [1.807, 2.05) is 22.7 Å². The number of fused-ring (bicyclic) bond motifs is 9. The number of hydrogen-bond acceptors (Lipinski definition) is 5. The normalized spacial score (nSPS) is 18.7. The van der Waals surface area contributed by atoms with Gasteiger partial charge in [0.2, 0.25) is 0 Å². The molecule has 3 N–H and O–H groups in total. The summed E-state index contributed by atoms with van der Waals surface area (Å²) in [4.78, 5) is 0. The first-order valence-corrected chi connectivity index (χ1v) is 21.5. The molecular weight excluding hydrogens is 733 g/mol. The number of para-hydroxylation sites is 2. The van der Waals surface area contributed by atoms with Crippen molar-refractivity contribution in [3.05, 3.63) is 187 Å². The van der Waals surface area contributed by atoms with Crippen LogP contribution in [0.1, 0.15) is 36.3 Å². The van der Waals surface area contributed by atoms with E-state index in [4.69, 9.17) is 0 Å². The number of rotatable bonds is 5. The second kappa shape index (κ2) is 13.4. The average Bonchev–Trinajstić information content (AvgIpc) is 3.96. The third kappa shape index (κ3) is 5.44. The van der Waals surface area contributed by atoms with E-state index >= 15 is 0 Å². The van der Waals surface area contributed by atoms with Crippen LogP contribution in [0.15, 0.2) is 175 Å². The lowest BCUT2D eigenvalue weighted by atomic mass is 9.97. The summed E-state index contributed by atoms with van der Waals surface area (Å²) >= 11 is 3.77. The quantitative estimate of drug-likeness (QED) is 0.163. The van der Waals surface area contributed by atoms with Crippen molar-refractivity contribution in [1.29, 1.82) is 0 Å². The molecule has 10 aromatic rings. The van der Waals surface area contributed by atoms with Gasteiger partial charge in [0.1, 0.15) is 0 Å². The molecule has 274 valence electrons. The van der Waals surface area contributed by atoms with E-state index in [1.54, 1.807) is 0 Å². The lowest BCUT2D eigenvalue weighted by molar-refractivity contribution is 0.225. The molecule has 7 aromatic carbocycles. The van der Waals surface area contributed by atoms with Gasteiger partial charge in [0.15, 0.2) is 0 Å². The van der Waals surface area contributed by atoms with Gasteiger partial charge in [0.25, 0.3) is 0 Å². The van der Waals surface area contributed by atoms with Gasteiger partial charge in [-0.25, -0.2) is 0 Å². The van der Waals surface area contributed by atoms with E-state index in [2.05, 4.69) is 190 Å². The SMILES string of the molecule is C1=CC(C2NC(c3ccccc3)NC(c3cccc4sc5cc(-c6ccc7sc8cccc(-n9c%10ccccc%10c%10ccccc%109)c8c7c6)ccc5c34)N2)=CCC1. The molecule has 3 atom stereocenters. The van der Waals surface area contributed by atoms with Crippen LogP contribution in [0, 0.1) is 0 Å². The lowest BCUT2D eigenvalue weighted by Gasteiger charge is -2.40. The molecule has 0 amide bonds. The van der Waals surface area contributed by atoms with Crippen molar-refractivity contribution in [2.24, 2.45) is 0 Å². The van der Waals surface area contributed by atoms with E-state index in [9.17, 15) is 0 Å². The molecule has 12 rings (SSSR count). The zero-order valence-corrected chi connectivity index (χ0v) is 32.7. The number of thiophene rings is 2. The average molecular weight is 771 g/mol. The van der Waals surface area contributed by atoms with Crippen LogP contribution in [0.25, 0.3) is 79.0 Å². The van der Waals surface area contributed by atoms with Gasteiger partial charge in [0.05, 0.1) is 35.2 Å². The Balaban J connectivity index is 0.966. The first-order chi connectivity index (χ1) is 28.2. The molecule has 0 bridgehead atoms. The summed E-state index contributed by atoms with van der Waals surface area (Å²) in [5.74, 6) is 0. The van der Waals surface area contributed by atoms with Crippen molar-refractivity contribution < 1.29 is 0 Å². The van der Waals surface area contributed by atoms with Crippen LogP contribution in [0.4, 0.5) is 0 Å². The summed E-state index contributed by atoms with van der Waals surface area (Å²) in [5, 5.41) is 19.5. The maximum absolute atomic E-state index is 3.95. The topological polar surface area (TPSA) is 41.0 Å². The van der Waals surface area contributed by atoms with Crippen LogP contribution in [-0.2, 0) is 0 Å². The fourth-order valence-electron chi connectivity index (χ4n) is 9.33. The summed E-state index contributed by atoms with van der Waals surface area (Å²) in [6.07, 6.45) is 9.11. The smallest absolute Gasteiger partial charge is 0.0871 e. The molecule has 1 fully saturated rings. The molecule has 1 aliphatic carbocycles. The van der Waals surface area contributed by atoms with Crippen molar-refractivity contribution in [2.75, 3.05) is 0 Å². The van der Waals surface area contributed by atoms with E-state index in [0.29, 0.717) is 0 Å². The van der Waals surface area contributed by atoms with Gasteiger partial charge in [-0.2, -0.15) is 0 Å². The Labute approximate surface area is 338 Å². The molecule has 0 radical (unpaired) electrons. The summed E-state index contributed by atoms with van der Waals surface area (Å²) in [6, 6.07) is 56.0. The number of aromatic nitrogens is 1. The molecule has 0 spiro atoms. The second-order valence-electron chi connectivity index (χ2n) is 15.3. The van der Waals surface area contributed by atoms with E-state index in [1.165, 1.54) is 95.7 Å².